The van der Waals surface area contributed by atoms with Gasteiger partial charge in [0.25, 0.3) is 5.56 Å². The fraction of sp³-hybridized carbons (Fsp3) is 0.321. The van der Waals surface area contributed by atoms with Gasteiger partial charge < -0.3 is 9.67 Å². The molecular formula is C28H28N2O2. The summed E-state index contributed by atoms with van der Waals surface area (Å²) in [4.78, 5) is 13.7. The van der Waals surface area contributed by atoms with E-state index in [2.05, 4.69) is 42.6 Å². The normalized spacial score (nSPS) is 25.0. The highest BCUT2D eigenvalue weighted by Crippen LogP contribution is 2.50. The van der Waals surface area contributed by atoms with Gasteiger partial charge in [-0.2, -0.15) is 0 Å². The maximum Gasteiger partial charge on any atom is 0.258 e. The molecule has 162 valence electrons. The van der Waals surface area contributed by atoms with E-state index in [4.69, 9.17) is 0 Å². The predicted molar refractivity (Wildman–Crippen MR) is 129 cm³/mol. The molecule has 1 saturated heterocycles. The zero-order valence-electron chi connectivity index (χ0n) is 18.6. The van der Waals surface area contributed by atoms with Crippen LogP contribution in [0.3, 0.4) is 0 Å². The number of rotatable bonds is 3. The zero-order chi connectivity index (χ0) is 22.0. The van der Waals surface area contributed by atoms with Crippen molar-refractivity contribution in [3.05, 3.63) is 98.4 Å². The summed E-state index contributed by atoms with van der Waals surface area (Å²) in [7, 11) is 1.81. The lowest BCUT2D eigenvalue weighted by Crippen LogP contribution is -2.28. The van der Waals surface area contributed by atoms with E-state index >= 15 is 0 Å². The van der Waals surface area contributed by atoms with Crippen molar-refractivity contribution in [3.8, 4) is 5.75 Å². The molecule has 0 radical (unpaired) electrons. The van der Waals surface area contributed by atoms with Crippen LogP contribution in [0.25, 0.3) is 10.9 Å². The molecule has 0 saturated carbocycles. The van der Waals surface area contributed by atoms with Gasteiger partial charge in [0.2, 0.25) is 0 Å². The molecule has 2 heterocycles. The van der Waals surface area contributed by atoms with Gasteiger partial charge in [0.1, 0.15) is 5.75 Å². The molecule has 1 aromatic carbocycles. The Morgan fingerprint density at radius 3 is 2.72 bits per heavy atom. The maximum atomic E-state index is 13.7. The molecule has 32 heavy (non-hydrogen) atoms. The Kier molecular flexibility index (Phi) is 4.41. The molecule has 0 bridgehead atoms. The van der Waals surface area contributed by atoms with Gasteiger partial charge in [-0.25, -0.2) is 0 Å². The van der Waals surface area contributed by atoms with E-state index in [0.29, 0.717) is 11.6 Å². The largest absolute Gasteiger partial charge is 0.507 e. The topological polar surface area (TPSA) is 64.2 Å². The van der Waals surface area contributed by atoms with Gasteiger partial charge in [-0.1, -0.05) is 42.5 Å². The number of aromatic hydroxyl groups is 1. The van der Waals surface area contributed by atoms with Crippen LogP contribution in [0, 0.1) is 0 Å². The molecule has 0 spiro atoms. The van der Waals surface area contributed by atoms with Crippen LogP contribution in [0.4, 0.5) is 0 Å². The fourth-order valence-corrected chi connectivity index (χ4v) is 5.97. The summed E-state index contributed by atoms with van der Waals surface area (Å²) >= 11 is 0. The lowest BCUT2D eigenvalue weighted by molar-refractivity contribution is 0.469. The molecule has 4 heteroatoms. The van der Waals surface area contributed by atoms with E-state index in [1.165, 1.54) is 22.3 Å². The number of aromatic nitrogens is 1. The number of nitrogens with zero attached hydrogens (tertiary/aromatic N) is 1. The first-order valence-electron chi connectivity index (χ1n) is 11.6. The number of hydrogen-bond acceptors (Lipinski definition) is 3. The number of pyridine rings is 1. The average Bonchev–Trinajstić information content (AvgIpc) is 3.63. The number of allylic oxidation sites excluding steroid dienone is 7. The number of nitrogens with one attached hydrogen (secondary N) is 1. The first-order chi connectivity index (χ1) is 15.6. The minimum Gasteiger partial charge on any atom is -0.507 e. The third kappa shape index (κ3) is 2.75. The van der Waals surface area contributed by atoms with E-state index < -0.39 is 0 Å². The van der Waals surface area contributed by atoms with Crippen LogP contribution in [-0.2, 0) is 7.05 Å². The summed E-state index contributed by atoms with van der Waals surface area (Å²) in [5.41, 5.74) is 7.62. The smallest absolute Gasteiger partial charge is 0.258 e. The quantitative estimate of drug-likeness (QED) is 0.688. The third-order valence-electron chi connectivity index (χ3n) is 7.61. The SMILES string of the molecule is CC1=C(C(C2=CCCC=C2)c2c(O)c3ccccc3n(C)c2=O)C2NC2C2=C1CCC=C2. The highest BCUT2D eigenvalue weighted by Gasteiger charge is 2.49. The van der Waals surface area contributed by atoms with E-state index in [0.717, 1.165) is 42.2 Å². The molecule has 1 aliphatic heterocycles. The van der Waals surface area contributed by atoms with Crippen LogP contribution in [0.1, 0.15) is 44.1 Å². The van der Waals surface area contributed by atoms with E-state index in [1.807, 2.05) is 31.3 Å². The third-order valence-corrected chi connectivity index (χ3v) is 7.61. The van der Waals surface area contributed by atoms with Crippen LogP contribution in [0.5, 0.6) is 5.75 Å². The Morgan fingerprint density at radius 1 is 1.09 bits per heavy atom. The Balaban J connectivity index is 1.65. The van der Waals surface area contributed by atoms with Crippen LogP contribution < -0.4 is 10.9 Å². The second kappa shape index (κ2) is 7.21. The maximum absolute atomic E-state index is 13.7. The number of hydrogen-bond donors (Lipinski definition) is 2. The van der Waals surface area contributed by atoms with Crippen molar-refractivity contribution in [3.63, 3.8) is 0 Å². The molecule has 6 rings (SSSR count). The highest BCUT2D eigenvalue weighted by atomic mass is 16.3. The molecule has 2 aromatic rings. The minimum atomic E-state index is -0.252. The van der Waals surface area contributed by atoms with Crippen LogP contribution in [0.2, 0.25) is 0 Å². The molecule has 4 aliphatic rings. The lowest BCUT2D eigenvalue weighted by atomic mass is 9.72. The van der Waals surface area contributed by atoms with Gasteiger partial charge in [-0.15, -0.1) is 0 Å². The Hall–Kier alpha value is -3.11. The van der Waals surface area contributed by atoms with Crippen LogP contribution in [0.15, 0.2) is 87.3 Å². The van der Waals surface area contributed by atoms with Crippen molar-refractivity contribution in [2.45, 2.75) is 50.6 Å². The Bertz CT molecular complexity index is 1370. The number of benzene rings is 1. The summed E-state index contributed by atoms with van der Waals surface area (Å²) in [6, 6.07) is 8.16. The number of fused-ring (bicyclic) bond motifs is 3. The first kappa shape index (κ1) is 19.6. The number of aryl methyl sites for hydroxylation is 1. The van der Waals surface area contributed by atoms with E-state index in [9.17, 15) is 9.90 Å². The van der Waals surface area contributed by atoms with Gasteiger partial charge in [0.15, 0.2) is 0 Å². The standard InChI is InChI=1S/C28H28N2O2/c1-16-18-12-6-7-13-19(18)25-26(29-25)22(16)23(17-10-4-3-5-11-17)24-27(31)20-14-8-9-15-21(20)30(2)28(24)32/h4,7-11,13-15,23,25-26,29,31H,3,5-6,12H2,1-2H3. The van der Waals surface area contributed by atoms with Crippen molar-refractivity contribution in [2.75, 3.05) is 0 Å². The van der Waals surface area contributed by atoms with E-state index in [1.54, 1.807) is 4.57 Å². The molecule has 0 amide bonds. The van der Waals surface area contributed by atoms with Crippen molar-refractivity contribution < 1.29 is 5.11 Å². The van der Waals surface area contributed by atoms with Gasteiger partial charge in [0, 0.05) is 24.4 Å². The van der Waals surface area contributed by atoms with Gasteiger partial charge >= 0.3 is 0 Å². The van der Waals surface area contributed by atoms with Crippen molar-refractivity contribution in [1.29, 1.82) is 0 Å². The highest BCUT2D eigenvalue weighted by molar-refractivity contribution is 5.87. The monoisotopic (exact) mass is 424 g/mol. The van der Waals surface area contributed by atoms with Crippen molar-refractivity contribution >= 4 is 10.9 Å². The molecule has 2 N–H and O–H groups in total. The summed E-state index contributed by atoms with van der Waals surface area (Å²) in [5.74, 6) is -0.133. The molecule has 4 nitrogen and oxygen atoms in total. The summed E-state index contributed by atoms with van der Waals surface area (Å²) in [6.45, 7) is 2.21. The lowest BCUT2D eigenvalue weighted by Gasteiger charge is -2.31. The zero-order valence-corrected chi connectivity index (χ0v) is 18.6. The molecule has 1 aromatic heterocycles. The summed E-state index contributed by atoms with van der Waals surface area (Å²) < 4.78 is 1.69. The molecule has 3 atom stereocenters. The molecular weight excluding hydrogens is 396 g/mol. The van der Waals surface area contributed by atoms with Gasteiger partial charge in [-0.3, -0.25) is 10.1 Å². The second-order valence-corrected chi connectivity index (χ2v) is 9.34. The molecule has 3 aliphatic carbocycles. The second-order valence-electron chi connectivity index (χ2n) is 9.34. The van der Waals surface area contributed by atoms with Gasteiger partial charge in [0.05, 0.1) is 17.1 Å². The first-order valence-corrected chi connectivity index (χ1v) is 11.6. The van der Waals surface area contributed by atoms with Crippen molar-refractivity contribution in [1.82, 2.24) is 9.88 Å². The van der Waals surface area contributed by atoms with Crippen molar-refractivity contribution in [2.24, 2.45) is 7.05 Å². The molecule has 3 unspecified atom stereocenters. The fourth-order valence-electron chi connectivity index (χ4n) is 5.97. The number of para-hydroxylation sites is 1. The Labute approximate surface area is 188 Å². The Morgan fingerprint density at radius 2 is 1.91 bits per heavy atom. The van der Waals surface area contributed by atoms with E-state index in [-0.39, 0.29) is 23.3 Å². The molecule has 1 fully saturated rings. The van der Waals surface area contributed by atoms with Gasteiger partial charge in [-0.05, 0) is 72.6 Å². The minimum absolute atomic E-state index is 0.119. The predicted octanol–water partition coefficient (Wildman–Crippen LogP) is 4.92. The average molecular weight is 425 g/mol. The van der Waals surface area contributed by atoms with Crippen LogP contribution in [-0.4, -0.2) is 21.8 Å². The summed E-state index contributed by atoms with van der Waals surface area (Å²) in [6.07, 6.45) is 15.2. The summed E-state index contributed by atoms with van der Waals surface area (Å²) in [5, 5.41) is 15.9. The van der Waals surface area contributed by atoms with Crippen LogP contribution >= 0.6 is 0 Å².